The molecule has 0 aliphatic carbocycles. The highest BCUT2D eigenvalue weighted by molar-refractivity contribution is 5.97. The molecule has 0 aromatic heterocycles. The topological polar surface area (TPSA) is 76.1 Å². The molecule has 0 spiro atoms. The third kappa shape index (κ3) is 2.22. The molecule has 3 rings (SSSR count). The second-order valence-electron chi connectivity index (χ2n) is 4.85. The lowest BCUT2D eigenvalue weighted by Crippen LogP contribution is -2.52. The normalized spacial score (nSPS) is 21.2. The first-order valence-corrected chi connectivity index (χ1v) is 6.54. The van der Waals surface area contributed by atoms with Crippen LogP contribution in [0.15, 0.2) is 18.2 Å². The standard InChI is InChI=1S/C14H15NO5/c16-13(15-4-6-19-8-11(15)14(17)18)10-1-2-12-9(7-10)3-5-20-12/h1-2,7,11H,3-6,8H2,(H,17,18). The highest BCUT2D eigenvalue weighted by Gasteiger charge is 2.33. The molecule has 1 saturated heterocycles. The Morgan fingerprint density at radius 2 is 2.15 bits per heavy atom. The fraction of sp³-hybridized carbons (Fsp3) is 0.429. The number of aliphatic carboxylic acids is 1. The second-order valence-corrected chi connectivity index (χ2v) is 4.85. The Labute approximate surface area is 115 Å². The van der Waals surface area contributed by atoms with Crippen molar-refractivity contribution in [1.82, 2.24) is 4.90 Å². The van der Waals surface area contributed by atoms with Gasteiger partial charge in [0, 0.05) is 18.5 Å². The average molecular weight is 277 g/mol. The number of fused-ring (bicyclic) bond motifs is 1. The maximum atomic E-state index is 12.5. The Hall–Kier alpha value is -2.08. The van der Waals surface area contributed by atoms with Crippen LogP contribution in [0.1, 0.15) is 15.9 Å². The van der Waals surface area contributed by atoms with Crippen molar-refractivity contribution in [3.8, 4) is 5.75 Å². The summed E-state index contributed by atoms with van der Waals surface area (Å²) in [5.41, 5.74) is 1.50. The summed E-state index contributed by atoms with van der Waals surface area (Å²) in [6, 6.07) is 4.33. The molecule has 1 atom stereocenters. The highest BCUT2D eigenvalue weighted by atomic mass is 16.5. The Kier molecular flexibility index (Phi) is 3.31. The minimum atomic E-state index is -1.04. The van der Waals surface area contributed by atoms with Crippen molar-refractivity contribution in [3.63, 3.8) is 0 Å². The predicted octanol–water partition coefficient (Wildman–Crippen LogP) is 0.547. The molecular formula is C14H15NO5. The third-order valence-electron chi connectivity index (χ3n) is 3.61. The van der Waals surface area contributed by atoms with Gasteiger partial charge in [0.2, 0.25) is 0 Å². The zero-order valence-electron chi connectivity index (χ0n) is 10.9. The summed E-state index contributed by atoms with van der Waals surface area (Å²) in [5, 5.41) is 9.17. The number of amides is 1. The Balaban J connectivity index is 1.85. The molecule has 6 heteroatoms. The van der Waals surface area contributed by atoms with Crippen molar-refractivity contribution in [2.75, 3.05) is 26.4 Å². The van der Waals surface area contributed by atoms with Gasteiger partial charge in [-0.1, -0.05) is 0 Å². The van der Waals surface area contributed by atoms with E-state index in [1.54, 1.807) is 18.2 Å². The summed E-state index contributed by atoms with van der Waals surface area (Å²) < 4.78 is 10.5. The van der Waals surface area contributed by atoms with Gasteiger partial charge in [0.25, 0.3) is 5.91 Å². The number of benzene rings is 1. The van der Waals surface area contributed by atoms with E-state index in [0.29, 0.717) is 25.3 Å². The molecule has 1 aromatic carbocycles. The highest BCUT2D eigenvalue weighted by Crippen LogP contribution is 2.26. The van der Waals surface area contributed by atoms with E-state index >= 15 is 0 Å². The smallest absolute Gasteiger partial charge is 0.328 e. The second kappa shape index (κ2) is 5.13. The van der Waals surface area contributed by atoms with Crippen LogP contribution in [0.2, 0.25) is 0 Å². The number of hydrogen-bond donors (Lipinski definition) is 1. The lowest BCUT2D eigenvalue weighted by atomic mass is 10.1. The van der Waals surface area contributed by atoms with Gasteiger partial charge in [-0.3, -0.25) is 4.79 Å². The van der Waals surface area contributed by atoms with E-state index in [2.05, 4.69) is 0 Å². The van der Waals surface area contributed by atoms with E-state index in [1.165, 1.54) is 4.90 Å². The molecule has 2 aliphatic heterocycles. The molecule has 2 heterocycles. The number of carboxylic acids is 1. The molecule has 106 valence electrons. The number of carbonyl (C=O) groups excluding carboxylic acids is 1. The van der Waals surface area contributed by atoms with Gasteiger partial charge in [-0.2, -0.15) is 0 Å². The van der Waals surface area contributed by atoms with Crippen LogP contribution in [-0.4, -0.2) is 54.3 Å². The van der Waals surface area contributed by atoms with E-state index in [4.69, 9.17) is 14.6 Å². The fourth-order valence-corrected chi connectivity index (χ4v) is 2.54. The van der Waals surface area contributed by atoms with Crippen LogP contribution in [0.4, 0.5) is 0 Å². The van der Waals surface area contributed by atoms with Crippen LogP contribution in [0.25, 0.3) is 0 Å². The van der Waals surface area contributed by atoms with Gasteiger partial charge in [0.15, 0.2) is 6.04 Å². The van der Waals surface area contributed by atoms with Gasteiger partial charge in [0.1, 0.15) is 5.75 Å². The molecule has 0 saturated carbocycles. The zero-order valence-corrected chi connectivity index (χ0v) is 10.9. The summed E-state index contributed by atoms with van der Waals surface area (Å²) >= 11 is 0. The SMILES string of the molecule is O=C(O)C1COCCN1C(=O)c1ccc2c(c1)CCO2. The number of rotatable bonds is 2. The maximum absolute atomic E-state index is 12.5. The Bertz CT molecular complexity index is 556. The van der Waals surface area contributed by atoms with E-state index in [-0.39, 0.29) is 12.5 Å². The Morgan fingerprint density at radius 1 is 1.30 bits per heavy atom. The van der Waals surface area contributed by atoms with Crippen molar-refractivity contribution < 1.29 is 24.2 Å². The Morgan fingerprint density at radius 3 is 2.95 bits per heavy atom. The van der Waals surface area contributed by atoms with Crippen molar-refractivity contribution >= 4 is 11.9 Å². The van der Waals surface area contributed by atoms with Crippen LogP contribution in [0.5, 0.6) is 5.75 Å². The lowest BCUT2D eigenvalue weighted by Gasteiger charge is -2.32. The van der Waals surface area contributed by atoms with Crippen molar-refractivity contribution in [3.05, 3.63) is 29.3 Å². The third-order valence-corrected chi connectivity index (χ3v) is 3.61. The molecule has 20 heavy (non-hydrogen) atoms. The minimum Gasteiger partial charge on any atom is -0.493 e. The molecule has 6 nitrogen and oxygen atoms in total. The van der Waals surface area contributed by atoms with E-state index < -0.39 is 12.0 Å². The molecule has 0 bridgehead atoms. The first-order valence-electron chi connectivity index (χ1n) is 6.54. The molecule has 2 aliphatic rings. The van der Waals surface area contributed by atoms with Crippen molar-refractivity contribution in [1.29, 1.82) is 0 Å². The van der Waals surface area contributed by atoms with E-state index in [9.17, 15) is 9.59 Å². The number of morpholine rings is 1. The van der Waals surface area contributed by atoms with Crippen LogP contribution in [-0.2, 0) is 16.0 Å². The quantitative estimate of drug-likeness (QED) is 0.854. The monoisotopic (exact) mass is 277 g/mol. The van der Waals surface area contributed by atoms with Gasteiger partial charge in [-0.25, -0.2) is 4.79 Å². The largest absolute Gasteiger partial charge is 0.493 e. The fourth-order valence-electron chi connectivity index (χ4n) is 2.54. The molecule has 1 aromatic rings. The summed E-state index contributed by atoms with van der Waals surface area (Å²) in [6.07, 6.45) is 0.780. The van der Waals surface area contributed by atoms with Crippen molar-refractivity contribution in [2.24, 2.45) is 0 Å². The summed E-state index contributed by atoms with van der Waals surface area (Å²) in [4.78, 5) is 25.0. The van der Waals surface area contributed by atoms with E-state index in [1.807, 2.05) is 0 Å². The molecule has 0 radical (unpaired) electrons. The summed E-state index contributed by atoms with van der Waals surface area (Å²) in [6.45, 7) is 1.32. The minimum absolute atomic E-state index is 0.0368. The molecule has 1 N–H and O–H groups in total. The van der Waals surface area contributed by atoms with Crippen LogP contribution in [0, 0.1) is 0 Å². The zero-order chi connectivity index (χ0) is 14.1. The first-order chi connectivity index (χ1) is 9.66. The number of hydrogen-bond acceptors (Lipinski definition) is 4. The van der Waals surface area contributed by atoms with Gasteiger partial charge in [-0.05, 0) is 23.8 Å². The number of nitrogens with zero attached hydrogens (tertiary/aromatic N) is 1. The summed E-state index contributed by atoms with van der Waals surface area (Å²) in [5.74, 6) is -0.503. The van der Waals surface area contributed by atoms with Gasteiger partial charge in [-0.15, -0.1) is 0 Å². The van der Waals surface area contributed by atoms with Crippen LogP contribution in [0.3, 0.4) is 0 Å². The van der Waals surface area contributed by atoms with Gasteiger partial charge < -0.3 is 19.5 Å². The first kappa shape index (κ1) is 12.9. The van der Waals surface area contributed by atoms with Gasteiger partial charge >= 0.3 is 5.97 Å². The van der Waals surface area contributed by atoms with Crippen LogP contribution >= 0.6 is 0 Å². The molecular weight excluding hydrogens is 262 g/mol. The molecule has 1 fully saturated rings. The van der Waals surface area contributed by atoms with Crippen LogP contribution < -0.4 is 4.74 Å². The summed E-state index contributed by atoms with van der Waals surface area (Å²) in [7, 11) is 0. The number of carbonyl (C=O) groups is 2. The van der Waals surface area contributed by atoms with Crippen molar-refractivity contribution in [2.45, 2.75) is 12.5 Å². The molecule has 1 unspecified atom stereocenters. The predicted molar refractivity (Wildman–Crippen MR) is 68.9 cm³/mol. The molecule has 1 amide bonds. The lowest BCUT2D eigenvalue weighted by molar-refractivity contribution is -0.147. The number of ether oxygens (including phenoxy) is 2. The van der Waals surface area contributed by atoms with E-state index in [0.717, 1.165) is 17.7 Å². The average Bonchev–Trinajstić information content (AvgIpc) is 2.93. The number of carboxylic acid groups (broad SMARTS) is 1. The maximum Gasteiger partial charge on any atom is 0.328 e. The van der Waals surface area contributed by atoms with Gasteiger partial charge in [0.05, 0.1) is 19.8 Å².